The van der Waals surface area contributed by atoms with Crippen LogP contribution in [0.15, 0.2) is 76.1 Å². The van der Waals surface area contributed by atoms with Crippen LogP contribution in [-0.2, 0) is 0 Å². The van der Waals surface area contributed by atoms with Gasteiger partial charge in [0.2, 0.25) is 5.76 Å². The molecule has 5 nitrogen and oxygen atoms in total. The van der Waals surface area contributed by atoms with Gasteiger partial charge in [0.1, 0.15) is 11.4 Å². The maximum atomic E-state index is 13.4. The zero-order valence-corrected chi connectivity index (χ0v) is 16.2. The van der Waals surface area contributed by atoms with Crippen molar-refractivity contribution in [3.05, 3.63) is 105 Å². The molecular formula is C23H15ClN2O3. The number of fused-ring (bicyclic) bond motifs is 2. The quantitative estimate of drug-likeness (QED) is 0.478. The third-order valence-electron chi connectivity index (χ3n) is 5.15. The minimum Gasteiger partial charge on any atom is -0.450 e. The van der Waals surface area contributed by atoms with E-state index >= 15 is 0 Å². The Labute approximate surface area is 171 Å². The van der Waals surface area contributed by atoms with Crippen molar-refractivity contribution in [1.29, 1.82) is 0 Å². The number of nitrogens with zero attached hydrogens (tertiary/aromatic N) is 2. The van der Waals surface area contributed by atoms with Crippen LogP contribution in [0, 0.1) is 6.92 Å². The van der Waals surface area contributed by atoms with Gasteiger partial charge >= 0.3 is 0 Å². The summed E-state index contributed by atoms with van der Waals surface area (Å²) >= 11 is 6.23. The molecule has 5 rings (SSSR count). The highest BCUT2D eigenvalue weighted by atomic mass is 35.5. The number of hydrogen-bond acceptors (Lipinski definition) is 4. The Balaban J connectivity index is 1.86. The van der Waals surface area contributed by atoms with E-state index in [9.17, 15) is 9.59 Å². The fraction of sp³-hybridized carbons (Fsp3) is 0.0870. The van der Waals surface area contributed by atoms with Gasteiger partial charge in [-0.15, -0.1) is 0 Å². The van der Waals surface area contributed by atoms with Crippen LogP contribution in [-0.4, -0.2) is 10.9 Å². The van der Waals surface area contributed by atoms with Crippen LogP contribution in [0.2, 0.25) is 5.02 Å². The van der Waals surface area contributed by atoms with Gasteiger partial charge in [-0.1, -0.05) is 41.9 Å². The van der Waals surface area contributed by atoms with Crippen LogP contribution >= 0.6 is 11.6 Å². The van der Waals surface area contributed by atoms with Gasteiger partial charge < -0.3 is 4.42 Å². The van der Waals surface area contributed by atoms with E-state index < -0.39 is 11.9 Å². The minimum absolute atomic E-state index is 0.0451. The number of pyridine rings is 1. The molecule has 0 fully saturated rings. The molecule has 0 spiro atoms. The van der Waals surface area contributed by atoms with Crippen molar-refractivity contribution < 1.29 is 9.21 Å². The standard InChI is InChI=1S/C23H15ClN2O3/c1-13-6-5-11-25-22(13)26-19(14-7-4-8-15(24)12-14)18-20(27)16-9-2-3-10-17(16)29-21(18)23(26)28/h2-12,19H,1H3. The molecule has 1 amide bonds. The van der Waals surface area contributed by atoms with E-state index in [0.29, 0.717) is 27.4 Å². The van der Waals surface area contributed by atoms with Gasteiger partial charge in [-0.2, -0.15) is 0 Å². The monoisotopic (exact) mass is 402 g/mol. The summed E-state index contributed by atoms with van der Waals surface area (Å²) < 4.78 is 5.92. The Bertz CT molecular complexity index is 1350. The third-order valence-corrected chi connectivity index (χ3v) is 5.39. The molecule has 1 atom stereocenters. The first-order valence-electron chi connectivity index (χ1n) is 9.12. The first-order valence-corrected chi connectivity index (χ1v) is 9.50. The number of anilines is 1. The number of aromatic nitrogens is 1. The van der Waals surface area contributed by atoms with Crippen LogP contribution in [0.4, 0.5) is 5.82 Å². The highest BCUT2D eigenvalue weighted by Gasteiger charge is 2.44. The lowest BCUT2D eigenvalue weighted by atomic mass is 9.98. The molecule has 3 heterocycles. The maximum absolute atomic E-state index is 13.4. The van der Waals surface area contributed by atoms with E-state index in [1.807, 2.05) is 19.1 Å². The molecule has 2 aromatic carbocycles. The van der Waals surface area contributed by atoms with E-state index in [0.717, 1.165) is 11.1 Å². The van der Waals surface area contributed by atoms with Gasteiger partial charge in [0.05, 0.1) is 17.0 Å². The average molecular weight is 403 g/mol. The van der Waals surface area contributed by atoms with Crippen molar-refractivity contribution >= 4 is 34.3 Å². The summed E-state index contributed by atoms with van der Waals surface area (Å²) in [7, 11) is 0. The number of carbonyl (C=O) groups excluding carboxylic acids is 1. The highest BCUT2D eigenvalue weighted by Crippen LogP contribution is 2.41. The van der Waals surface area contributed by atoms with Crippen molar-refractivity contribution in [2.24, 2.45) is 0 Å². The molecule has 0 radical (unpaired) electrons. The molecule has 1 unspecified atom stereocenters. The SMILES string of the molecule is Cc1cccnc1N1C(=O)c2oc3ccccc3c(=O)c2C1c1cccc(Cl)c1. The summed E-state index contributed by atoms with van der Waals surface area (Å²) in [5, 5.41) is 0.955. The van der Waals surface area contributed by atoms with E-state index in [4.69, 9.17) is 16.0 Å². The molecule has 1 aliphatic heterocycles. The highest BCUT2D eigenvalue weighted by molar-refractivity contribution is 6.30. The van der Waals surface area contributed by atoms with Crippen LogP contribution in [0.1, 0.15) is 33.3 Å². The molecule has 6 heteroatoms. The normalized spacial score (nSPS) is 15.7. The molecule has 0 saturated carbocycles. The van der Waals surface area contributed by atoms with Gasteiger partial charge in [0, 0.05) is 11.2 Å². The van der Waals surface area contributed by atoms with E-state index in [1.165, 1.54) is 4.90 Å². The molecule has 0 N–H and O–H groups in total. The van der Waals surface area contributed by atoms with E-state index in [-0.39, 0.29) is 11.2 Å². The average Bonchev–Trinajstić information content (AvgIpc) is 3.01. The van der Waals surface area contributed by atoms with Gasteiger partial charge in [-0.25, -0.2) is 4.98 Å². The van der Waals surface area contributed by atoms with Crippen LogP contribution < -0.4 is 10.3 Å². The molecular weight excluding hydrogens is 388 g/mol. The Morgan fingerprint density at radius 2 is 1.86 bits per heavy atom. The zero-order chi connectivity index (χ0) is 20.1. The van der Waals surface area contributed by atoms with E-state index in [1.54, 1.807) is 54.7 Å². The topological polar surface area (TPSA) is 63.4 Å². The number of carbonyl (C=O) groups is 1. The fourth-order valence-electron chi connectivity index (χ4n) is 3.86. The van der Waals surface area contributed by atoms with E-state index in [2.05, 4.69) is 4.98 Å². The summed E-state index contributed by atoms with van der Waals surface area (Å²) in [5.74, 6) is 0.135. The van der Waals surface area contributed by atoms with Crippen molar-refractivity contribution in [2.75, 3.05) is 4.90 Å². The lowest BCUT2D eigenvalue weighted by Crippen LogP contribution is -2.30. The number of para-hydroxylation sites is 1. The second-order valence-corrected chi connectivity index (χ2v) is 7.38. The van der Waals surface area contributed by atoms with Gasteiger partial charge in [0.15, 0.2) is 5.43 Å². The smallest absolute Gasteiger partial charge is 0.296 e. The van der Waals surface area contributed by atoms with Crippen LogP contribution in [0.5, 0.6) is 0 Å². The van der Waals surface area contributed by atoms with Gasteiger partial charge in [-0.05, 0) is 48.4 Å². The van der Waals surface area contributed by atoms with Crippen LogP contribution in [0.25, 0.3) is 11.0 Å². The fourth-order valence-corrected chi connectivity index (χ4v) is 4.06. The van der Waals surface area contributed by atoms with Crippen molar-refractivity contribution in [1.82, 2.24) is 4.98 Å². The summed E-state index contributed by atoms with van der Waals surface area (Å²) in [4.78, 5) is 32.8. The minimum atomic E-state index is -0.675. The molecule has 0 saturated heterocycles. The molecule has 29 heavy (non-hydrogen) atoms. The first-order chi connectivity index (χ1) is 14.1. The summed E-state index contributed by atoms with van der Waals surface area (Å²) in [6, 6.07) is 17.1. The molecule has 142 valence electrons. The van der Waals surface area contributed by atoms with Crippen molar-refractivity contribution in [3.8, 4) is 0 Å². The predicted octanol–water partition coefficient (Wildman–Crippen LogP) is 4.90. The number of halogens is 1. The van der Waals surface area contributed by atoms with Gasteiger partial charge in [-0.3, -0.25) is 14.5 Å². The summed E-state index contributed by atoms with van der Waals surface area (Å²) in [6.07, 6.45) is 1.62. The second-order valence-electron chi connectivity index (χ2n) is 6.95. The summed E-state index contributed by atoms with van der Waals surface area (Å²) in [5.41, 5.74) is 2.00. The second kappa shape index (κ2) is 6.57. The largest absolute Gasteiger partial charge is 0.450 e. The maximum Gasteiger partial charge on any atom is 0.296 e. The Morgan fingerprint density at radius 1 is 1.03 bits per heavy atom. The molecule has 2 aromatic heterocycles. The number of benzene rings is 2. The Kier molecular flexibility index (Phi) is 4.00. The lowest BCUT2D eigenvalue weighted by Gasteiger charge is -2.25. The third kappa shape index (κ3) is 2.66. The lowest BCUT2D eigenvalue weighted by molar-refractivity contribution is 0.0970. The molecule has 4 aromatic rings. The molecule has 1 aliphatic rings. The predicted molar refractivity (Wildman–Crippen MR) is 112 cm³/mol. The molecule has 0 bridgehead atoms. The number of hydrogen-bond donors (Lipinski definition) is 0. The summed E-state index contributed by atoms with van der Waals surface area (Å²) in [6.45, 7) is 1.87. The first kappa shape index (κ1) is 17.6. The molecule has 0 aliphatic carbocycles. The zero-order valence-electron chi connectivity index (χ0n) is 15.4. The number of amides is 1. The van der Waals surface area contributed by atoms with Crippen LogP contribution in [0.3, 0.4) is 0 Å². The van der Waals surface area contributed by atoms with Gasteiger partial charge in [0.25, 0.3) is 5.91 Å². The Morgan fingerprint density at radius 3 is 2.66 bits per heavy atom. The number of aryl methyl sites for hydroxylation is 1. The Hall–Kier alpha value is -3.44. The van der Waals surface area contributed by atoms with Crippen molar-refractivity contribution in [3.63, 3.8) is 0 Å². The number of rotatable bonds is 2. The van der Waals surface area contributed by atoms with Crippen molar-refractivity contribution in [2.45, 2.75) is 13.0 Å².